The first-order valence-electron chi connectivity index (χ1n) is 11.5. The molecule has 0 unspecified atom stereocenters. The van der Waals surface area contributed by atoms with Crippen molar-refractivity contribution in [3.8, 4) is 0 Å². The maximum absolute atomic E-state index is 13.6. The smallest absolute Gasteiger partial charge is 0.250 e. The molecular weight excluding hydrogens is 406 g/mol. The highest BCUT2D eigenvalue weighted by Gasteiger charge is 2.58. The van der Waals surface area contributed by atoms with Gasteiger partial charge in [-0.05, 0) is 31.4 Å². The maximum Gasteiger partial charge on any atom is 0.250 e. The average molecular weight is 436 g/mol. The lowest BCUT2D eigenvalue weighted by Gasteiger charge is -2.41. The summed E-state index contributed by atoms with van der Waals surface area (Å²) in [5.74, 6) is -1.20. The van der Waals surface area contributed by atoms with E-state index in [4.69, 9.17) is 0 Å². The van der Waals surface area contributed by atoms with Crippen molar-refractivity contribution in [1.82, 2.24) is 14.8 Å². The number of aliphatic hydroxyl groups is 1. The normalized spacial score (nSPS) is 27.4. The molecule has 2 amide bonds. The Kier molecular flexibility index (Phi) is 5.37. The lowest BCUT2D eigenvalue weighted by molar-refractivity contribution is -0.143. The van der Waals surface area contributed by atoms with Crippen molar-refractivity contribution in [3.63, 3.8) is 0 Å². The van der Waals surface area contributed by atoms with Gasteiger partial charge >= 0.3 is 0 Å². The zero-order chi connectivity index (χ0) is 22.4. The highest BCUT2D eigenvalue weighted by atomic mass is 16.3. The molecule has 1 aromatic heterocycles. The zero-order valence-corrected chi connectivity index (χ0v) is 18.2. The molecule has 1 saturated heterocycles. The van der Waals surface area contributed by atoms with Crippen molar-refractivity contribution >= 4 is 11.8 Å². The highest BCUT2D eigenvalue weighted by Crippen LogP contribution is 2.50. The molecular formula is C25H29N3O4. The van der Waals surface area contributed by atoms with Gasteiger partial charge in [0.15, 0.2) is 0 Å². The molecule has 5 atom stereocenters. The molecule has 2 fully saturated rings. The molecule has 2 bridgehead atoms. The number of hydrogen-bond donors (Lipinski definition) is 2. The van der Waals surface area contributed by atoms with Crippen molar-refractivity contribution in [2.45, 2.75) is 50.9 Å². The van der Waals surface area contributed by atoms with E-state index in [0.717, 1.165) is 24.8 Å². The summed E-state index contributed by atoms with van der Waals surface area (Å²) < 4.78 is 1.68. The first-order chi connectivity index (χ1) is 15.5. The molecule has 5 rings (SSSR count). The number of fused-ring (bicyclic) bond motifs is 4. The van der Waals surface area contributed by atoms with Crippen LogP contribution in [0, 0.1) is 17.8 Å². The first-order valence-corrected chi connectivity index (χ1v) is 11.5. The predicted molar refractivity (Wildman–Crippen MR) is 118 cm³/mol. The van der Waals surface area contributed by atoms with Crippen LogP contribution in [-0.2, 0) is 16.1 Å². The van der Waals surface area contributed by atoms with Crippen molar-refractivity contribution in [2.75, 3.05) is 6.61 Å². The lowest BCUT2D eigenvalue weighted by Crippen LogP contribution is -2.51. The number of amides is 2. The van der Waals surface area contributed by atoms with E-state index in [2.05, 4.69) is 5.32 Å². The second kappa shape index (κ2) is 8.20. The molecule has 3 heterocycles. The van der Waals surface area contributed by atoms with Crippen molar-refractivity contribution < 1.29 is 14.7 Å². The number of hydrogen-bond acceptors (Lipinski definition) is 4. The summed E-state index contributed by atoms with van der Waals surface area (Å²) in [6.07, 6.45) is 2.77. The molecule has 0 radical (unpaired) electrons. The number of benzene rings is 1. The molecule has 32 heavy (non-hydrogen) atoms. The molecule has 1 aliphatic carbocycles. The summed E-state index contributed by atoms with van der Waals surface area (Å²) in [5, 5.41) is 13.4. The number of nitrogens with zero attached hydrogens (tertiary/aromatic N) is 2. The molecule has 1 aromatic carbocycles. The summed E-state index contributed by atoms with van der Waals surface area (Å²) in [6.45, 7) is 2.03. The molecule has 168 valence electrons. The molecule has 1 saturated carbocycles. The Labute approximate surface area is 187 Å². The Balaban J connectivity index is 1.53. The van der Waals surface area contributed by atoms with E-state index in [9.17, 15) is 19.5 Å². The average Bonchev–Trinajstić information content (AvgIpc) is 3.00. The molecule has 2 N–H and O–H groups in total. The SMILES string of the molecule is C[C@@H](NC(=O)[C@@H]1[C@@H](CO)[C@@H]2Cn3c(cccc3=O)[C@H]1N2C(=O)C1CCC1)c1ccccc1. The standard InChI is InChI=1S/C25H29N3O4/c1-15(16-7-3-2-4-8-16)26-24(31)22-18(14-29)20-13-27-19(11-6-12-21(27)30)23(22)28(20)25(32)17-9-5-10-17/h2-4,6-8,11-12,15,17-18,20,22-23,29H,5,9-10,13-14H2,1H3,(H,26,31)/t15-,18+,20+,22-,23-/m1/s1. The molecule has 0 spiro atoms. The van der Waals surface area contributed by atoms with Gasteiger partial charge in [-0.15, -0.1) is 0 Å². The molecule has 2 aliphatic heterocycles. The predicted octanol–water partition coefficient (Wildman–Crippen LogP) is 2.02. The number of rotatable bonds is 5. The third-order valence-electron chi connectivity index (χ3n) is 7.59. The van der Waals surface area contributed by atoms with E-state index in [-0.39, 0.29) is 42.0 Å². The third-order valence-corrected chi connectivity index (χ3v) is 7.59. The van der Waals surface area contributed by atoms with Gasteiger partial charge in [0.2, 0.25) is 11.8 Å². The summed E-state index contributed by atoms with van der Waals surface area (Å²) >= 11 is 0. The van der Waals surface area contributed by atoms with Gasteiger partial charge in [0.1, 0.15) is 0 Å². The summed E-state index contributed by atoms with van der Waals surface area (Å²) in [7, 11) is 0. The minimum Gasteiger partial charge on any atom is -0.396 e. The number of aliphatic hydroxyl groups excluding tert-OH is 1. The fourth-order valence-electron chi connectivity index (χ4n) is 5.66. The molecule has 2 aromatic rings. The highest BCUT2D eigenvalue weighted by molar-refractivity contribution is 5.86. The topological polar surface area (TPSA) is 91.6 Å². The van der Waals surface area contributed by atoms with Crippen LogP contribution in [0.1, 0.15) is 49.5 Å². The second-order valence-corrected chi connectivity index (χ2v) is 9.30. The van der Waals surface area contributed by atoms with Crippen molar-refractivity contribution in [2.24, 2.45) is 17.8 Å². The number of pyridine rings is 1. The van der Waals surface area contributed by atoms with Crippen molar-refractivity contribution in [3.05, 3.63) is 70.1 Å². The van der Waals surface area contributed by atoms with E-state index in [1.54, 1.807) is 10.6 Å². The number of aromatic nitrogens is 1. The van der Waals surface area contributed by atoms with Gasteiger partial charge in [0, 0.05) is 36.7 Å². The van der Waals surface area contributed by atoms with E-state index in [1.807, 2.05) is 48.2 Å². The molecule has 7 nitrogen and oxygen atoms in total. The fraction of sp³-hybridized carbons (Fsp3) is 0.480. The van der Waals surface area contributed by atoms with E-state index < -0.39 is 17.9 Å². The number of carbonyl (C=O) groups excluding carboxylic acids is 2. The van der Waals surface area contributed by atoms with Gasteiger partial charge in [0.05, 0.1) is 24.0 Å². The van der Waals surface area contributed by atoms with Crippen LogP contribution in [0.2, 0.25) is 0 Å². The Morgan fingerprint density at radius 2 is 1.88 bits per heavy atom. The van der Waals surface area contributed by atoms with Crippen LogP contribution >= 0.6 is 0 Å². The van der Waals surface area contributed by atoms with Crippen LogP contribution < -0.4 is 10.9 Å². The van der Waals surface area contributed by atoms with Crippen LogP contribution in [0.5, 0.6) is 0 Å². The minimum atomic E-state index is -0.615. The number of carbonyl (C=O) groups is 2. The Morgan fingerprint density at radius 1 is 1.12 bits per heavy atom. The lowest BCUT2D eigenvalue weighted by atomic mass is 9.83. The van der Waals surface area contributed by atoms with Gasteiger partial charge < -0.3 is 19.9 Å². The van der Waals surface area contributed by atoms with E-state index >= 15 is 0 Å². The fourth-order valence-corrected chi connectivity index (χ4v) is 5.66. The molecule has 3 aliphatic rings. The van der Waals surface area contributed by atoms with E-state index in [0.29, 0.717) is 12.2 Å². The second-order valence-electron chi connectivity index (χ2n) is 9.30. The van der Waals surface area contributed by atoms with Gasteiger partial charge in [-0.25, -0.2) is 0 Å². The summed E-state index contributed by atoms with van der Waals surface area (Å²) in [5.41, 5.74) is 1.54. The summed E-state index contributed by atoms with van der Waals surface area (Å²) in [6, 6.07) is 13.6. The van der Waals surface area contributed by atoms with Gasteiger partial charge in [-0.3, -0.25) is 14.4 Å². The van der Waals surface area contributed by atoms with Crippen LogP contribution in [0.25, 0.3) is 0 Å². The minimum absolute atomic E-state index is 0.0219. The van der Waals surface area contributed by atoms with Crippen molar-refractivity contribution in [1.29, 1.82) is 0 Å². The Hall–Kier alpha value is -2.93. The first kappa shape index (κ1) is 20.9. The maximum atomic E-state index is 13.6. The van der Waals surface area contributed by atoms with Gasteiger partial charge in [0.25, 0.3) is 5.56 Å². The van der Waals surface area contributed by atoms with Crippen LogP contribution in [-0.4, -0.2) is 39.0 Å². The monoisotopic (exact) mass is 435 g/mol. The van der Waals surface area contributed by atoms with Crippen LogP contribution in [0.4, 0.5) is 0 Å². The Morgan fingerprint density at radius 3 is 2.53 bits per heavy atom. The van der Waals surface area contributed by atoms with Gasteiger partial charge in [-0.1, -0.05) is 42.8 Å². The summed E-state index contributed by atoms with van der Waals surface area (Å²) in [4.78, 5) is 41.5. The quantitative estimate of drug-likeness (QED) is 0.752. The number of nitrogens with one attached hydrogen (secondary N) is 1. The largest absolute Gasteiger partial charge is 0.396 e. The Bertz CT molecular complexity index is 1080. The van der Waals surface area contributed by atoms with Gasteiger partial charge in [-0.2, -0.15) is 0 Å². The van der Waals surface area contributed by atoms with Crippen LogP contribution in [0.15, 0.2) is 53.3 Å². The zero-order valence-electron chi connectivity index (χ0n) is 18.2. The van der Waals surface area contributed by atoms with Crippen LogP contribution in [0.3, 0.4) is 0 Å². The van der Waals surface area contributed by atoms with E-state index in [1.165, 1.54) is 6.07 Å². The third kappa shape index (κ3) is 3.26. The molecule has 7 heteroatoms.